The van der Waals surface area contributed by atoms with Gasteiger partial charge in [-0.2, -0.15) is 0 Å². The van der Waals surface area contributed by atoms with Gasteiger partial charge in [0.25, 0.3) is 5.69 Å². The van der Waals surface area contributed by atoms with Crippen LogP contribution in [0.2, 0.25) is 0 Å². The van der Waals surface area contributed by atoms with Gasteiger partial charge in [-0.15, -0.1) is 0 Å². The summed E-state index contributed by atoms with van der Waals surface area (Å²) >= 11 is 0. The molecule has 5 heteroatoms. The number of nitro groups is 1. The molecule has 0 bridgehead atoms. The zero-order valence-corrected chi connectivity index (χ0v) is 9.00. The second kappa shape index (κ2) is 4.49. The zero-order chi connectivity index (χ0) is 11.5. The predicted molar refractivity (Wildman–Crippen MR) is 62.5 cm³/mol. The van der Waals surface area contributed by atoms with Gasteiger partial charge in [-0.1, -0.05) is 6.07 Å². The minimum atomic E-state index is -0.368. The molecule has 0 saturated carbocycles. The zero-order valence-electron chi connectivity index (χ0n) is 9.00. The smallest absolute Gasteiger partial charge is 0.271 e. The minimum absolute atomic E-state index is 0.136. The highest BCUT2D eigenvalue weighted by Gasteiger charge is 2.18. The fourth-order valence-corrected chi connectivity index (χ4v) is 2.05. The van der Waals surface area contributed by atoms with Crippen LogP contribution in [0.3, 0.4) is 0 Å². The van der Waals surface area contributed by atoms with Gasteiger partial charge in [0.2, 0.25) is 0 Å². The fourth-order valence-electron chi connectivity index (χ4n) is 2.05. The first-order chi connectivity index (χ1) is 7.66. The number of hydrogen-bond acceptors (Lipinski definition) is 4. The lowest BCUT2D eigenvalue weighted by Crippen LogP contribution is -2.42. The molecule has 2 rings (SSSR count). The van der Waals surface area contributed by atoms with E-state index in [-0.39, 0.29) is 16.7 Å². The Morgan fingerprint density at radius 1 is 1.50 bits per heavy atom. The van der Waals surface area contributed by atoms with Crippen LogP contribution in [0.15, 0.2) is 24.3 Å². The molecule has 0 aromatic heterocycles. The predicted octanol–water partition coefficient (Wildman–Crippen LogP) is 1.52. The maximum absolute atomic E-state index is 10.7. The van der Waals surface area contributed by atoms with Crippen molar-refractivity contribution in [2.24, 2.45) is 5.73 Å². The van der Waals surface area contributed by atoms with Gasteiger partial charge in [-0.05, 0) is 18.9 Å². The molecule has 5 nitrogen and oxygen atoms in total. The lowest BCUT2D eigenvalue weighted by molar-refractivity contribution is -0.384. The Hall–Kier alpha value is -1.62. The van der Waals surface area contributed by atoms with Crippen LogP contribution in [-0.4, -0.2) is 24.1 Å². The monoisotopic (exact) mass is 221 g/mol. The average molecular weight is 221 g/mol. The van der Waals surface area contributed by atoms with E-state index < -0.39 is 0 Å². The number of piperidine rings is 1. The molecule has 16 heavy (non-hydrogen) atoms. The SMILES string of the molecule is N[C@@H]1CCCN(c2cccc([N+](=O)[O-])c2)C1. The molecule has 0 radical (unpaired) electrons. The van der Waals surface area contributed by atoms with E-state index in [9.17, 15) is 10.1 Å². The summed E-state index contributed by atoms with van der Waals surface area (Å²) in [5.74, 6) is 0. The molecule has 1 aromatic rings. The number of non-ortho nitro benzene ring substituents is 1. The first-order valence-corrected chi connectivity index (χ1v) is 5.42. The standard InChI is InChI=1S/C11H15N3O2/c12-9-3-2-6-13(8-9)10-4-1-5-11(7-10)14(15)16/h1,4-5,7,9H,2-3,6,8,12H2/t9-/m1/s1. The highest BCUT2D eigenvalue weighted by molar-refractivity contribution is 5.53. The Kier molecular flexibility index (Phi) is 3.05. The Labute approximate surface area is 94.0 Å². The van der Waals surface area contributed by atoms with Crippen LogP contribution in [0.5, 0.6) is 0 Å². The maximum Gasteiger partial charge on any atom is 0.271 e. The van der Waals surface area contributed by atoms with E-state index in [4.69, 9.17) is 5.73 Å². The van der Waals surface area contributed by atoms with Crippen LogP contribution in [0.1, 0.15) is 12.8 Å². The summed E-state index contributed by atoms with van der Waals surface area (Å²) in [5.41, 5.74) is 6.91. The van der Waals surface area contributed by atoms with Crippen LogP contribution < -0.4 is 10.6 Å². The number of rotatable bonds is 2. The first kappa shape index (κ1) is 10.9. The van der Waals surface area contributed by atoms with Crippen LogP contribution in [0.25, 0.3) is 0 Å². The molecular formula is C11H15N3O2. The van der Waals surface area contributed by atoms with Crippen molar-refractivity contribution in [1.29, 1.82) is 0 Å². The summed E-state index contributed by atoms with van der Waals surface area (Å²) in [7, 11) is 0. The van der Waals surface area contributed by atoms with Gasteiger partial charge < -0.3 is 10.6 Å². The summed E-state index contributed by atoms with van der Waals surface area (Å²) in [6.45, 7) is 1.70. The largest absolute Gasteiger partial charge is 0.370 e. The number of nitro benzene ring substituents is 1. The van der Waals surface area contributed by atoms with Crippen LogP contribution in [0, 0.1) is 10.1 Å². The lowest BCUT2D eigenvalue weighted by Gasteiger charge is -2.32. The number of hydrogen-bond donors (Lipinski definition) is 1. The number of anilines is 1. The van der Waals surface area contributed by atoms with Gasteiger partial charge in [0, 0.05) is 37.0 Å². The van der Waals surface area contributed by atoms with Crippen LogP contribution in [-0.2, 0) is 0 Å². The molecule has 0 spiro atoms. The maximum atomic E-state index is 10.7. The Balaban J connectivity index is 2.19. The molecular weight excluding hydrogens is 206 g/mol. The quantitative estimate of drug-likeness (QED) is 0.607. The Morgan fingerprint density at radius 2 is 2.31 bits per heavy atom. The average Bonchev–Trinajstić information content (AvgIpc) is 2.29. The summed E-state index contributed by atoms with van der Waals surface area (Å²) in [5, 5.41) is 10.7. The molecule has 1 fully saturated rings. The molecule has 1 heterocycles. The number of nitrogens with two attached hydrogens (primary N) is 1. The van der Waals surface area contributed by atoms with Gasteiger partial charge in [0.05, 0.1) is 4.92 Å². The highest BCUT2D eigenvalue weighted by atomic mass is 16.6. The number of benzene rings is 1. The van der Waals surface area contributed by atoms with Crippen molar-refractivity contribution in [2.75, 3.05) is 18.0 Å². The van der Waals surface area contributed by atoms with Crippen molar-refractivity contribution in [1.82, 2.24) is 0 Å². The van der Waals surface area contributed by atoms with Gasteiger partial charge in [0.1, 0.15) is 0 Å². The normalized spacial score (nSPS) is 20.8. The molecule has 0 amide bonds. The van der Waals surface area contributed by atoms with Crippen LogP contribution in [0.4, 0.5) is 11.4 Å². The first-order valence-electron chi connectivity index (χ1n) is 5.42. The third-order valence-corrected chi connectivity index (χ3v) is 2.86. The second-order valence-electron chi connectivity index (χ2n) is 4.13. The molecule has 86 valence electrons. The van der Waals surface area contributed by atoms with Crippen LogP contribution >= 0.6 is 0 Å². The van der Waals surface area contributed by atoms with E-state index in [1.54, 1.807) is 12.1 Å². The van der Waals surface area contributed by atoms with E-state index in [1.165, 1.54) is 6.07 Å². The summed E-state index contributed by atoms with van der Waals surface area (Å²) in [4.78, 5) is 12.4. The summed E-state index contributed by atoms with van der Waals surface area (Å²) in [6, 6.07) is 6.90. The van der Waals surface area contributed by atoms with E-state index in [0.717, 1.165) is 31.6 Å². The van der Waals surface area contributed by atoms with Crippen molar-refractivity contribution >= 4 is 11.4 Å². The Morgan fingerprint density at radius 3 is 3.00 bits per heavy atom. The Bertz CT molecular complexity index is 395. The van der Waals surface area contributed by atoms with E-state index in [1.807, 2.05) is 6.07 Å². The molecule has 2 N–H and O–H groups in total. The van der Waals surface area contributed by atoms with Gasteiger partial charge in [0.15, 0.2) is 0 Å². The van der Waals surface area contributed by atoms with Gasteiger partial charge in [-0.25, -0.2) is 0 Å². The molecule has 0 aliphatic carbocycles. The van der Waals surface area contributed by atoms with Crippen molar-refractivity contribution in [3.05, 3.63) is 34.4 Å². The molecule has 1 aliphatic rings. The topological polar surface area (TPSA) is 72.4 Å². The van der Waals surface area contributed by atoms with E-state index >= 15 is 0 Å². The minimum Gasteiger partial charge on any atom is -0.370 e. The van der Waals surface area contributed by atoms with Crippen molar-refractivity contribution < 1.29 is 4.92 Å². The lowest BCUT2D eigenvalue weighted by atomic mass is 10.1. The second-order valence-corrected chi connectivity index (χ2v) is 4.13. The summed E-state index contributed by atoms with van der Waals surface area (Å²) < 4.78 is 0. The fraction of sp³-hybridized carbons (Fsp3) is 0.455. The molecule has 1 saturated heterocycles. The molecule has 0 unspecified atom stereocenters. The van der Waals surface area contributed by atoms with Gasteiger partial charge >= 0.3 is 0 Å². The number of nitrogens with zero attached hydrogens (tertiary/aromatic N) is 2. The third-order valence-electron chi connectivity index (χ3n) is 2.86. The van der Waals surface area contributed by atoms with Crippen molar-refractivity contribution in [3.63, 3.8) is 0 Å². The van der Waals surface area contributed by atoms with Gasteiger partial charge in [-0.3, -0.25) is 10.1 Å². The van der Waals surface area contributed by atoms with Crippen molar-refractivity contribution in [3.8, 4) is 0 Å². The molecule has 1 aliphatic heterocycles. The van der Waals surface area contributed by atoms with E-state index in [0.29, 0.717) is 0 Å². The molecule has 1 aromatic carbocycles. The van der Waals surface area contributed by atoms with E-state index in [2.05, 4.69) is 4.90 Å². The van der Waals surface area contributed by atoms with Crippen molar-refractivity contribution in [2.45, 2.75) is 18.9 Å². The summed E-state index contributed by atoms with van der Waals surface area (Å²) in [6.07, 6.45) is 2.08. The highest BCUT2D eigenvalue weighted by Crippen LogP contribution is 2.23. The molecule has 1 atom stereocenters. The third kappa shape index (κ3) is 2.30.